The first kappa shape index (κ1) is 16.7. The van der Waals surface area contributed by atoms with E-state index in [0.717, 1.165) is 17.7 Å². The number of hydrogen-bond donors (Lipinski definition) is 2. The Labute approximate surface area is 114 Å². The van der Waals surface area contributed by atoms with Gasteiger partial charge in [-0.15, -0.1) is 12.4 Å². The number of ether oxygens (including phenoxy) is 1. The van der Waals surface area contributed by atoms with Gasteiger partial charge in [-0.25, -0.2) is 0 Å². The summed E-state index contributed by atoms with van der Waals surface area (Å²) in [7, 11) is 1.64. The van der Waals surface area contributed by atoms with Crippen molar-refractivity contribution < 1.29 is 9.53 Å². The Balaban J connectivity index is 0.00000289. The molecule has 2 atom stereocenters. The Morgan fingerprint density at radius 1 is 1.44 bits per heavy atom. The Bertz CT molecular complexity index is 383. The molecule has 18 heavy (non-hydrogen) atoms. The molecule has 3 N–H and O–H groups in total. The van der Waals surface area contributed by atoms with Crippen LogP contribution in [0.4, 0.5) is 0 Å². The van der Waals surface area contributed by atoms with Crippen LogP contribution in [0, 0.1) is 0 Å². The number of nitrogens with two attached hydrogens (primary N) is 1. The lowest BCUT2D eigenvalue weighted by molar-refractivity contribution is -0.122. The molecule has 0 spiro atoms. The smallest absolute Gasteiger partial charge is 0.236 e. The fraction of sp³-hybridized carbons (Fsp3) is 0.462. The second-order valence-electron chi connectivity index (χ2n) is 4.25. The number of carbonyl (C=O) groups excluding carboxylic acids is 1. The number of halogens is 1. The molecule has 1 rings (SSSR count). The first-order valence-electron chi connectivity index (χ1n) is 5.72. The van der Waals surface area contributed by atoms with Crippen LogP contribution in [0.5, 0.6) is 5.75 Å². The zero-order valence-corrected chi connectivity index (χ0v) is 11.8. The van der Waals surface area contributed by atoms with Crippen molar-refractivity contribution in [1.82, 2.24) is 5.32 Å². The molecule has 1 unspecified atom stereocenters. The third kappa shape index (κ3) is 5.38. The Hall–Kier alpha value is -1.26. The number of methoxy groups -OCH3 is 1. The summed E-state index contributed by atoms with van der Waals surface area (Å²) in [5.41, 5.74) is 6.62. The predicted octanol–water partition coefficient (Wildman–Crippen LogP) is 1.51. The molecule has 1 aromatic rings. The molecule has 1 amide bonds. The molecule has 0 fully saturated rings. The summed E-state index contributed by atoms with van der Waals surface area (Å²) in [6.45, 7) is 3.63. The van der Waals surface area contributed by atoms with Crippen LogP contribution in [0.2, 0.25) is 0 Å². The molecule has 0 aliphatic carbocycles. The number of rotatable bonds is 5. The highest BCUT2D eigenvalue weighted by Crippen LogP contribution is 2.13. The lowest BCUT2D eigenvalue weighted by Gasteiger charge is -2.15. The fourth-order valence-corrected chi connectivity index (χ4v) is 1.58. The molecule has 102 valence electrons. The lowest BCUT2D eigenvalue weighted by Crippen LogP contribution is -2.43. The van der Waals surface area contributed by atoms with Crippen LogP contribution < -0.4 is 15.8 Å². The molecular formula is C13H21ClN2O2. The highest BCUT2D eigenvalue weighted by atomic mass is 35.5. The summed E-state index contributed by atoms with van der Waals surface area (Å²) in [6, 6.07) is 7.40. The van der Waals surface area contributed by atoms with E-state index in [4.69, 9.17) is 10.5 Å². The van der Waals surface area contributed by atoms with Crippen molar-refractivity contribution >= 4 is 18.3 Å². The van der Waals surface area contributed by atoms with Crippen molar-refractivity contribution in [1.29, 1.82) is 0 Å². The maximum Gasteiger partial charge on any atom is 0.236 e. The minimum absolute atomic E-state index is 0. The van der Waals surface area contributed by atoms with Gasteiger partial charge in [0.15, 0.2) is 0 Å². The number of nitrogens with one attached hydrogen (secondary N) is 1. The second-order valence-corrected chi connectivity index (χ2v) is 4.25. The molecule has 0 heterocycles. The molecule has 0 saturated carbocycles. The van der Waals surface area contributed by atoms with E-state index >= 15 is 0 Å². The highest BCUT2D eigenvalue weighted by Gasteiger charge is 2.11. The largest absolute Gasteiger partial charge is 0.497 e. The van der Waals surface area contributed by atoms with Gasteiger partial charge in [-0.05, 0) is 38.0 Å². The van der Waals surface area contributed by atoms with E-state index in [2.05, 4.69) is 5.32 Å². The van der Waals surface area contributed by atoms with Gasteiger partial charge in [-0.1, -0.05) is 12.1 Å². The minimum Gasteiger partial charge on any atom is -0.497 e. The SMILES string of the molecule is COc1cccc(CC(C)NC(=O)[C@@H](C)N)c1.Cl. The van der Waals surface area contributed by atoms with Gasteiger partial charge in [0.1, 0.15) is 5.75 Å². The van der Waals surface area contributed by atoms with Crippen LogP contribution >= 0.6 is 12.4 Å². The summed E-state index contributed by atoms with van der Waals surface area (Å²) in [6.07, 6.45) is 0.760. The molecule has 0 bridgehead atoms. The maximum absolute atomic E-state index is 11.4. The normalized spacial score (nSPS) is 13.1. The quantitative estimate of drug-likeness (QED) is 0.854. The lowest BCUT2D eigenvalue weighted by atomic mass is 10.1. The van der Waals surface area contributed by atoms with Gasteiger partial charge in [0, 0.05) is 6.04 Å². The van der Waals surface area contributed by atoms with Crippen molar-refractivity contribution in [3.8, 4) is 5.75 Å². The number of hydrogen-bond acceptors (Lipinski definition) is 3. The number of carbonyl (C=O) groups is 1. The van der Waals surface area contributed by atoms with Crippen molar-refractivity contribution in [2.75, 3.05) is 7.11 Å². The third-order valence-electron chi connectivity index (χ3n) is 2.48. The van der Waals surface area contributed by atoms with Gasteiger partial charge >= 0.3 is 0 Å². The molecule has 5 heteroatoms. The van der Waals surface area contributed by atoms with Crippen molar-refractivity contribution in [2.45, 2.75) is 32.4 Å². The topological polar surface area (TPSA) is 64.3 Å². The van der Waals surface area contributed by atoms with Gasteiger partial charge in [0.2, 0.25) is 5.91 Å². The monoisotopic (exact) mass is 272 g/mol. The van der Waals surface area contributed by atoms with E-state index in [9.17, 15) is 4.79 Å². The van der Waals surface area contributed by atoms with E-state index in [1.54, 1.807) is 14.0 Å². The van der Waals surface area contributed by atoms with Crippen LogP contribution in [0.1, 0.15) is 19.4 Å². The molecule has 1 aromatic carbocycles. The Morgan fingerprint density at radius 3 is 2.67 bits per heavy atom. The van der Waals surface area contributed by atoms with Crippen molar-refractivity contribution in [3.63, 3.8) is 0 Å². The van der Waals surface area contributed by atoms with Gasteiger partial charge in [0.25, 0.3) is 0 Å². The fourth-order valence-electron chi connectivity index (χ4n) is 1.58. The average Bonchev–Trinajstić information content (AvgIpc) is 2.28. The first-order chi connectivity index (χ1) is 8.02. The molecule has 0 aromatic heterocycles. The van der Waals surface area contributed by atoms with Gasteiger partial charge < -0.3 is 15.8 Å². The van der Waals surface area contributed by atoms with Crippen LogP contribution in [0.3, 0.4) is 0 Å². The summed E-state index contributed by atoms with van der Waals surface area (Å²) < 4.78 is 5.15. The minimum atomic E-state index is -0.470. The van der Waals surface area contributed by atoms with Crippen LogP contribution in [0.25, 0.3) is 0 Å². The number of benzene rings is 1. The second kappa shape index (κ2) is 7.95. The average molecular weight is 273 g/mol. The Morgan fingerprint density at radius 2 is 2.11 bits per heavy atom. The van der Waals surface area contributed by atoms with Gasteiger partial charge in [-0.3, -0.25) is 4.79 Å². The standard InChI is InChI=1S/C13H20N2O2.ClH/c1-9(15-13(16)10(2)14)7-11-5-4-6-12(8-11)17-3;/h4-6,8-10H,7,14H2,1-3H3,(H,15,16);1H/t9?,10-;/m1./s1. The molecule has 0 aliphatic rings. The maximum atomic E-state index is 11.4. The first-order valence-corrected chi connectivity index (χ1v) is 5.72. The zero-order chi connectivity index (χ0) is 12.8. The summed E-state index contributed by atoms with van der Waals surface area (Å²) in [4.78, 5) is 11.4. The molecular weight excluding hydrogens is 252 g/mol. The van der Waals surface area contributed by atoms with Gasteiger partial charge in [-0.2, -0.15) is 0 Å². The molecule has 0 radical (unpaired) electrons. The Kier molecular flexibility index (Phi) is 7.39. The molecule has 4 nitrogen and oxygen atoms in total. The van der Waals surface area contributed by atoms with Crippen LogP contribution in [0.15, 0.2) is 24.3 Å². The molecule has 0 saturated heterocycles. The van der Waals surface area contributed by atoms with Crippen molar-refractivity contribution in [3.05, 3.63) is 29.8 Å². The highest BCUT2D eigenvalue weighted by molar-refractivity contribution is 5.85. The van der Waals surface area contributed by atoms with Crippen molar-refractivity contribution in [2.24, 2.45) is 5.73 Å². The summed E-state index contributed by atoms with van der Waals surface area (Å²) >= 11 is 0. The van der Waals surface area contributed by atoms with E-state index in [-0.39, 0.29) is 24.4 Å². The summed E-state index contributed by atoms with van der Waals surface area (Å²) in [5, 5.41) is 2.86. The predicted molar refractivity (Wildman–Crippen MR) is 75.2 cm³/mol. The van der Waals surface area contributed by atoms with E-state index < -0.39 is 6.04 Å². The zero-order valence-electron chi connectivity index (χ0n) is 11.0. The van der Waals surface area contributed by atoms with Crippen LogP contribution in [-0.2, 0) is 11.2 Å². The summed E-state index contributed by atoms with van der Waals surface area (Å²) in [5.74, 6) is 0.702. The van der Waals surface area contributed by atoms with E-state index in [0.29, 0.717) is 0 Å². The van der Waals surface area contributed by atoms with Gasteiger partial charge in [0.05, 0.1) is 13.2 Å². The molecule has 0 aliphatic heterocycles. The third-order valence-corrected chi connectivity index (χ3v) is 2.48. The van der Waals surface area contributed by atoms with Crippen LogP contribution in [-0.4, -0.2) is 25.1 Å². The van der Waals surface area contributed by atoms with E-state index in [1.165, 1.54) is 0 Å². The van der Waals surface area contributed by atoms with E-state index in [1.807, 2.05) is 31.2 Å². The number of amides is 1.